The van der Waals surface area contributed by atoms with E-state index in [2.05, 4.69) is 39.4 Å². The lowest BCUT2D eigenvalue weighted by Gasteiger charge is -2.25. The van der Waals surface area contributed by atoms with Crippen LogP contribution in [0.2, 0.25) is 0 Å². The molecule has 120 valence electrons. The fourth-order valence-corrected chi connectivity index (χ4v) is 2.88. The van der Waals surface area contributed by atoms with Crippen LogP contribution in [0, 0.1) is 0 Å². The Labute approximate surface area is 131 Å². The fraction of sp³-hybridized carbons (Fsp3) is 0.562. The smallest absolute Gasteiger partial charge is 0.134 e. The Balaban J connectivity index is 1.54. The second-order valence-electron chi connectivity index (χ2n) is 6.30. The van der Waals surface area contributed by atoms with Gasteiger partial charge in [-0.3, -0.25) is 5.32 Å². The summed E-state index contributed by atoms with van der Waals surface area (Å²) in [5.41, 5.74) is 1.28. The van der Waals surface area contributed by atoms with Crippen molar-refractivity contribution in [1.29, 1.82) is 0 Å². The first-order valence-electron chi connectivity index (χ1n) is 7.93. The van der Waals surface area contributed by atoms with Crippen LogP contribution in [0.5, 0.6) is 0 Å². The molecule has 1 fully saturated rings. The third-order valence-corrected chi connectivity index (χ3v) is 4.47. The van der Waals surface area contributed by atoms with Crippen LogP contribution in [0.4, 0.5) is 5.82 Å². The second-order valence-corrected chi connectivity index (χ2v) is 6.30. The molecule has 3 rings (SSSR count). The maximum atomic E-state index is 9.55. The first-order valence-corrected chi connectivity index (χ1v) is 7.93. The molecule has 1 aliphatic heterocycles. The van der Waals surface area contributed by atoms with Gasteiger partial charge in [-0.1, -0.05) is 6.58 Å². The maximum Gasteiger partial charge on any atom is 0.134 e. The number of fused-ring (bicyclic) bond motifs is 1. The summed E-state index contributed by atoms with van der Waals surface area (Å²) in [6.07, 6.45) is 7.24. The number of anilines is 1. The van der Waals surface area contributed by atoms with Gasteiger partial charge in [-0.05, 0) is 44.7 Å². The highest BCUT2D eigenvalue weighted by Gasteiger charge is 2.43. The van der Waals surface area contributed by atoms with Gasteiger partial charge in [0.25, 0.3) is 0 Å². The molecule has 2 atom stereocenters. The van der Waals surface area contributed by atoms with E-state index in [0.29, 0.717) is 6.67 Å². The van der Waals surface area contributed by atoms with Crippen LogP contribution in [0.25, 0.3) is 0 Å². The van der Waals surface area contributed by atoms with Crippen molar-refractivity contribution in [3.05, 3.63) is 30.5 Å². The molecular weight excluding hydrogens is 278 g/mol. The van der Waals surface area contributed by atoms with E-state index in [0.717, 1.165) is 30.1 Å². The molecule has 0 unspecified atom stereocenters. The highest BCUT2D eigenvalue weighted by atomic mass is 16.3. The van der Waals surface area contributed by atoms with Crippen LogP contribution in [-0.4, -0.2) is 40.4 Å². The average Bonchev–Trinajstić information content (AvgIpc) is 3.09. The van der Waals surface area contributed by atoms with E-state index in [-0.39, 0.29) is 11.6 Å². The van der Waals surface area contributed by atoms with Crippen molar-refractivity contribution in [2.75, 3.05) is 12.0 Å². The van der Waals surface area contributed by atoms with Crippen molar-refractivity contribution >= 4 is 11.7 Å². The van der Waals surface area contributed by atoms with E-state index < -0.39 is 6.23 Å². The summed E-state index contributed by atoms with van der Waals surface area (Å²) in [7, 11) is 0. The van der Waals surface area contributed by atoms with Crippen molar-refractivity contribution < 1.29 is 5.11 Å². The first-order chi connectivity index (χ1) is 10.6. The molecule has 6 heteroatoms. The van der Waals surface area contributed by atoms with Gasteiger partial charge in [0.2, 0.25) is 0 Å². The lowest BCUT2D eigenvalue weighted by molar-refractivity contribution is 0.167. The summed E-state index contributed by atoms with van der Waals surface area (Å²) in [6.45, 7) is 6.28. The second kappa shape index (κ2) is 6.14. The summed E-state index contributed by atoms with van der Waals surface area (Å²) in [5.74, 6) is 2.02. The van der Waals surface area contributed by atoms with Crippen molar-refractivity contribution in [2.45, 2.75) is 50.4 Å². The Kier molecular flexibility index (Phi) is 4.22. The number of aromatic amines is 1. The monoisotopic (exact) mass is 303 g/mol. The molecule has 1 aliphatic carbocycles. The lowest BCUT2D eigenvalue weighted by Crippen LogP contribution is -2.41. The van der Waals surface area contributed by atoms with E-state index in [1.165, 1.54) is 18.9 Å². The minimum absolute atomic E-state index is 0.166. The van der Waals surface area contributed by atoms with E-state index >= 15 is 0 Å². The Morgan fingerprint density at radius 1 is 1.55 bits per heavy atom. The number of hydrogen-bond acceptors (Lipinski definition) is 5. The molecule has 5 N–H and O–H groups in total. The molecular formula is C16H25N5O. The number of aromatic nitrogens is 1. The third-order valence-electron chi connectivity index (χ3n) is 4.47. The molecule has 0 saturated heterocycles. The summed E-state index contributed by atoms with van der Waals surface area (Å²) in [5, 5.41) is 19.5. The van der Waals surface area contributed by atoms with E-state index in [1.54, 1.807) is 0 Å². The number of amidine groups is 1. The molecule has 2 heterocycles. The number of aliphatic hydroxyl groups excluding tert-OH is 1. The number of hydrogen-bond donors (Lipinski definition) is 5. The quantitative estimate of drug-likeness (QED) is 0.391. The first kappa shape index (κ1) is 15.1. The number of nitrogens with one attached hydrogen (secondary N) is 4. The van der Waals surface area contributed by atoms with Crippen LogP contribution in [0.15, 0.2) is 29.9 Å². The molecule has 1 aromatic rings. The Morgan fingerprint density at radius 3 is 3.09 bits per heavy atom. The summed E-state index contributed by atoms with van der Waals surface area (Å²) in [4.78, 5) is 7.76. The standard InChI is InChI=1S/C16H25N5O/c1-3-13(22)20-11(2)4-6-16(7-8-16)21-15-12-5-9-17-14(12)18-10-19-15/h3,5,9,11,13,17-18,20,22H,1,4,6-8,10H2,2H3,(H,19,21)/t11-,13-/m0/s1. The van der Waals surface area contributed by atoms with Gasteiger partial charge >= 0.3 is 0 Å². The lowest BCUT2D eigenvalue weighted by atomic mass is 10.0. The Bertz CT molecular complexity index is 561. The maximum absolute atomic E-state index is 9.55. The van der Waals surface area contributed by atoms with Gasteiger partial charge in [0.15, 0.2) is 0 Å². The van der Waals surface area contributed by atoms with Crippen molar-refractivity contribution in [3.8, 4) is 0 Å². The normalized spacial score (nSPS) is 21.1. The van der Waals surface area contributed by atoms with E-state index in [1.807, 2.05) is 12.3 Å². The van der Waals surface area contributed by atoms with E-state index in [9.17, 15) is 5.11 Å². The van der Waals surface area contributed by atoms with Gasteiger partial charge in [0.1, 0.15) is 24.6 Å². The van der Waals surface area contributed by atoms with Gasteiger partial charge in [-0.25, -0.2) is 4.99 Å². The Hall–Kier alpha value is -1.79. The molecule has 2 aliphatic rings. The number of aliphatic imine (C=N–C) groups is 1. The highest BCUT2D eigenvalue weighted by Crippen LogP contribution is 2.40. The third kappa shape index (κ3) is 3.34. The largest absolute Gasteiger partial charge is 0.375 e. The zero-order chi connectivity index (χ0) is 15.6. The number of nitrogens with zero attached hydrogens (tertiary/aromatic N) is 1. The van der Waals surface area contributed by atoms with Crippen molar-refractivity contribution in [1.82, 2.24) is 15.6 Å². The molecule has 0 spiro atoms. The van der Waals surface area contributed by atoms with Gasteiger partial charge in [-0.2, -0.15) is 0 Å². The van der Waals surface area contributed by atoms with Gasteiger partial charge in [0, 0.05) is 17.8 Å². The molecule has 0 amide bonds. The van der Waals surface area contributed by atoms with E-state index in [4.69, 9.17) is 0 Å². The van der Waals surface area contributed by atoms with Crippen LogP contribution < -0.4 is 16.0 Å². The van der Waals surface area contributed by atoms with Gasteiger partial charge < -0.3 is 20.7 Å². The highest BCUT2D eigenvalue weighted by molar-refractivity contribution is 6.04. The predicted octanol–water partition coefficient (Wildman–Crippen LogP) is 1.53. The van der Waals surface area contributed by atoms with Crippen molar-refractivity contribution in [3.63, 3.8) is 0 Å². The number of rotatable bonds is 7. The summed E-state index contributed by atoms with van der Waals surface area (Å²) >= 11 is 0. The minimum Gasteiger partial charge on any atom is -0.375 e. The zero-order valence-corrected chi connectivity index (χ0v) is 13.0. The Morgan fingerprint density at radius 2 is 2.36 bits per heavy atom. The topological polar surface area (TPSA) is 84.5 Å². The molecule has 1 aromatic heterocycles. The zero-order valence-electron chi connectivity index (χ0n) is 13.0. The van der Waals surface area contributed by atoms with Gasteiger partial charge in [-0.15, -0.1) is 0 Å². The SMILES string of the molecule is C=C[C@H](O)N[C@@H](C)CCC1(NC2=NCNc3[nH]ccc32)CC1. The summed E-state index contributed by atoms with van der Waals surface area (Å²) < 4.78 is 0. The fourth-order valence-electron chi connectivity index (χ4n) is 2.88. The summed E-state index contributed by atoms with van der Waals surface area (Å²) in [6, 6.07) is 2.30. The number of H-pyrrole nitrogens is 1. The van der Waals surface area contributed by atoms with Crippen LogP contribution in [0.3, 0.4) is 0 Å². The molecule has 0 aromatic carbocycles. The number of aliphatic hydroxyl groups is 1. The molecule has 6 nitrogen and oxygen atoms in total. The molecule has 1 saturated carbocycles. The predicted molar refractivity (Wildman–Crippen MR) is 89.0 cm³/mol. The molecule has 22 heavy (non-hydrogen) atoms. The molecule has 0 radical (unpaired) electrons. The van der Waals surface area contributed by atoms with Crippen LogP contribution >= 0.6 is 0 Å². The van der Waals surface area contributed by atoms with Crippen LogP contribution in [0.1, 0.15) is 38.2 Å². The van der Waals surface area contributed by atoms with Crippen LogP contribution in [-0.2, 0) is 0 Å². The minimum atomic E-state index is -0.630. The van der Waals surface area contributed by atoms with Crippen molar-refractivity contribution in [2.24, 2.45) is 4.99 Å². The molecule has 0 bridgehead atoms. The van der Waals surface area contributed by atoms with Gasteiger partial charge in [0.05, 0.1) is 5.56 Å². The average molecular weight is 303 g/mol.